The molecule has 3 heterocycles. The summed E-state index contributed by atoms with van der Waals surface area (Å²) in [4.78, 5) is 14.0. The summed E-state index contributed by atoms with van der Waals surface area (Å²) in [6.07, 6.45) is 5.99. The minimum atomic E-state index is 0.525. The average Bonchev–Trinajstić information content (AvgIpc) is 2.87. The fraction of sp³-hybridized carbons (Fsp3) is 0.500. The molecule has 5 nitrogen and oxygen atoms in total. The Hall–Kier alpha value is -1.62. The zero-order valence-corrected chi connectivity index (χ0v) is 9.98. The molecule has 1 saturated heterocycles. The Morgan fingerprint density at radius 2 is 2.35 bits per heavy atom. The van der Waals surface area contributed by atoms with Crippen LogP contribution in [-0.4, -0.2) is 41.1 Å². The number of fused-ring (bicyclic) bond motifs is 1. The third kappa shape index (κ3) is 1.86. The number of anilines is 1. The summed E-state index contributed by atoms with van der Waals surface area (Å²) in [5.41, 5.74) is 0.908. The van der Waals surface area contributed by atoms with Crippen LogP contribution in [0, 0.1) is 0 Å². The van der Waals surface area contributed by atoms with Crippen molar-refractivity contribution in [2.45, 2.75) is 18.9 Å². The second kappa shape index (κ2) is 4.33. The largest absolute Gasteiger partial charge is 0.355 e. The Labute approximate surface area is 100 Å². The summed E-state index contributed by atoms with van der Waals surface area (Å²) in [6.45, 7) is 2.17. The fourth-order valence-electron chi connectivity index (χ4n) is 2.48. The van der Waals surface area contributed by atoms with E-state index in [2.05, 4.69) is 32.2 Å². The van der Waals surface area contributed by atoms with Gasteiger partial charge in [0.2, 0.25) is 0 Å². The van der Waals surface area contributed by atoms with Gasteiger partial charge in [0, 0.05) is 25.8 Å². The van der Waals surface area contributed by atoms with Crippen molar-refractivity contribution < 1.29 is 0 Å². The van der Waals surface area contributed by atoms with Crippen molar-refractivity contribution in [3.05, 3.63) is 18.6 Å². The van der Waals surface area contributed by atoms with Crippen LogP contribution in [0.15, 0.2) is 18.6 Å². The van der Waals surface area contributed by atoms with Crippen molar-refractivity contribution >= 4 is 16.9 Å². The monoisotopic (exact) mass is 231 g/mol. The van der Waals surface area contributed by atoms with Crippen LogP contribution in [0.5, 0.6) is 0 Å². The van der Waals surface area contributed by atoms with Crippen LogP contribution in [0.4, 0.5) is 5.82 Å². The molecular formula is C12H17N5. The minimum absolute atomic E-state index is 0.525. The predicted molar refractivity (Wildman–Crippen MR) is 68.2 cm³/mol. The van der Waals surface area contributed by atoms with Gasteiger partial charge in [-0.1, -0.05) is 0 Å². The smallest absolute Gasteiger partial charge is 0.142 e. The molecule has 1 aliphatic rings. The van der Waals surface area contributed by atoms with Crippen molar-refractivity contribution in [2.75, 3.05) is 25.0 Å². The van der Waals surface area contributed by atoms with Gasteiger partial charge in [-0.05, 0) is 25.5 Å². The molecule has 1 aliphatic heterocycles. The topological polar surface area (TPSA) is 56.8 Å². The lowest BCUT2D eigenvalue weighted by Crippen LogP contribution is -2.44. The highest BCUT2D eigenvalue weighted by Gasteiger charge is 2.20. The second-order valence-corrected chi connectivity index (χ2v) is 4.55. The Bertz CT molecular complexity index is 500. The van der Waals surface area contributed by atoms with Crippen LogP contribution < -0.4 is 10.2 Å². The van der Waals surface area contributed by atoms with Crippen LogP contribution in [0.2, 0.25) is 0 Å². The van der Waals surface area contributed by atoms with E-state index in [-0.39, 0.29) is 0 Å². The number of nitrogens with zero attached hydrogens (tertiary/aromatic N) is 3. The minimum Gasteiger partial charge on any atom is -0.355 e. The highest BCUT2D eigenvalue weighted by atomic mass is 15.2. The van der Waals surface area contributed by atoms with E-state index in [0.717, 1.165) is 29.9 Å². The quantitative estimate of drug-likeness (QED) is 0.814. The van der Waals surface area contributed by atoms with E-state index in [1.807, 2.05) is 12.3 Å². The van der Waals surface area contributed by atoms with E-state index in [9.17, 15) is 0 Å². The Morgan fingerprint density at radius 3 is 3.18 bits per heavy atom. The van der Waals surface area contributed by atoms with Crippen LogP contribution in [0.25, 0.3) is 11.0 Å². The van der Waals surface area contributed by atoms with Gasteiger partial charge >= 0.3 is 0 Å². The number of likely N-dealkylation sites (N-methyl/N-ethyl adjacent to an activating group) is 1. The first-order valence-electron chi connectivity index (χ1n) is 6.08. The van der Waals surface area contributed by atoms with Gasteiger partial charge in [-0.2, -0.15) is 0 Å². The third-order valence-electron chi connectivity index (χ3n) is 3.49. The summed E-state index contributed by atoms with van der Waals surface area (Å²) in [6, 6.07) is 2.56. The first-order chi connectivity index (χ1) is 8.36. The normalized spacial score (nSPS) is 20.6. The summed E-state index contributed by atoms with van der Waals surface area (Å²) < 4.78 is 0. The fourth-order valence-corrected chi connectivity index (χ4v) is 2.48. The Morgan fingerprint density at radius 1 is 1.41 bits per heavy atom. The van der Waals surface area contributed by atoms with Crippen LogP contribution in [-0.2, 0) is 0 Å². The molecule has 3 rings (SSSR count). The maximum absolute atomic E-state index is 4.42. The number of rotatable bonds is 2. The van der Waals surface area contributed by atoms with Crippen molar-refractivity contribution in [1.29, 1.82) is 0 Å². The molecule has 0 aliphatic carbocycles. The van der Waals surface area contributed by atoms with Crippen molar-refractivity contribution in [2.24, 2.45) is 0 Å². The van der Waals surface area contributed by atoms with E-state index in [0.29, 0.717) is 6.04 Å². The number of aromatic amines is 1. The number of hydrogen-bond acceptors (Lipinski definition) is 4. The summed E-state index contributed by atoms with van der Waals surface area (Å²) in [7, 11) is 2.12. The van der Waals surface area contributed by atoms with Crippen molar-refractivity contribution in [3.8, 4) is 0 Å². The number of hydrogen-bond donors (Lipinski definition) is 2. The first-order valence-corrected chi connectivity index (χ1v) is 6.08. The average molecular weight is 231 g/mol. The standard InChI is InChI=1S/C12H17N5/c1-17(9-3-2-5-13-7-9)12-10-4-6-14-11(10)15-8-16-12/h4,6,8-9,13H,2-3,5,7H2,1H3,(H,14,15,16). The van der Waals surface area contributed by atoms with E-state index in [4.69, 9.17) is 0 Å². The van der Waals surface area contributed by atoms with E-state index < -0.39 is 0 Å². The van der Waals surface area contributed by atoms with E-state index in [1.165, 1.54) is 12.8 Å². The Balaban J connectivity index is 1.94. The summed E-state index contributed by atoms with van der Waals surface area (Å²) >= 11 is 0. The molecule has 1 unspecified atom stereocenters. The molecule has 5 heteroatoms. The number of piperidine rings is 1. The van der Waals surface area contributed by atoms with Gasteiger partial charge in [0.1, 0.15) is 17.8 Å². The van der Waals surface area contributed by atoms with Gasteiger partial charge < -0.3 is 15.2 Å². The molecule has 2 N–H and O–H groups in total. The van der Waals surface area contributed by atoms with Crippen LogP contribution >= 0.6 is 0 Å². The van der Waals surface area contributed by atoms with Crippen molar-refractivity contribution in [3.63, 3.8) is 0 Å². The van der Waals surface area contributed by atoms with Crippen LogP contribution in [0.1, 0.15) is 12.8 Å². The number of nitrogens with one attached hydrogen (secondary N) is 2. The lowest BCUT2D eigenvalue weighted by Gasteiger charge is -2.32. The third-order valence-corrected chi connectivity index (χ3v) is 3.49. The predicted octanol–water partition coefficient (Wildman–Crippen LogP) is 1.15. The molecule has 90 valence electrons. The molecule has 0 radical (unpaired) electrons. The second-order valence-electron chi connectivity index (χ2n) is 4.55. The maximum Gasteiger partial charge on any atom is 0.142 e. The van der Waals surface area contributed by atoms with E-state index in [1.54, 1.807) is 6.33 Å². The molecule has 1 atom stereocenters. The van der Waals surface area contributed by atoms with Gasteiger partial charge in [-0.3, -0.25) is 0 Å². The van der Waals surface area contributed by atoms with Gasteiger partial charge in [0.15, 0.2) is 0 Å². The molecule has 0 aromatic carbocycles. The summed E-state index contributed by atoms with van der Waals surface area (Å²) in [5, 5.41) is 4.53. The molecule has 2 aromatic rings. The lowest BCUT2D eigenvalue weighted by atomic mass is 10.1. The Kier molecular flexibility index (Phi) is 2.68. The molecule has 1 fully saturated rings. The number of aromatic nitrogens is 3. The highest BCUT2D eigenvalue weighted by molar-refractivity contribution is 5.87. The SMILES string of the molecule is CN(c1ncnc2[nH]ccc12)C1CCCNC1. The molecule has 0 amide bonds. The summed E-state index contributed by atoms with van der Waals surface area (Å²) in [5.74, 6) is 1.02. The molecule has 0 saturated carbocycles. The van der Waals surface area contributed by atoms with E-state index >= 15 is 0 Å². The van der Waals surface area contributed by atoms with Gasteiger partial charge in [0.05, 0.1) is 5.39 Å². The van der Waals surface area contributed by atoms with Gasteiger partial charge in [-0.15, -0.1) is 0 Å². The number of H-pyrrole nitrogens is 1. The molecule has 17 heavy (non-hydrogen) atoms. The molecule has 0 spiro atoms. The molecule has 0 bridgehead atoms. The molecule has 2 aromatic heterocycles. The zero-order valence-electron chi connectivity index (χ0n) is 9.98. The van der Waals surface area contributed by atoms with Gasteiger partial charge in [-0.25, -0.2) is 9.97 Å². The lowest BCUT2D eigenvalue weighted by molar-refractivity contribution is 0.444. The zero-order chi connectivity index (χ0) is 11.7. The van der Waals surface area contributed by atoms with Crippen molar-refractivity contribution in [1.82, 2.24) is 20.3 Å². The maximum atomic E-state index is 4.42. The highest BCUT2D eigenvalue weighted by Crippen LogP contribution is 2.24. The molecular weight excluding hydrogens is 214 g/mol. The van der Waals surface area contributed by atoms with Crippen LogP contribution in [0.3, 0.4) is 0 Å². The first kappa shape index (κ1) is 10.5. The van der Waals surface area contributed by atoms with Gasteiger partial charge in [0.25, 0.3) is 0 Å².